The van der Waals surface area contributed by atoms with E-state index in [1.54, 1.807) is 24.0 Å². The minimum Gasteiger partial charge on any atom is -0.392 e. The Bertz CT molecular complexity index is 776. The molecule has 4 atom stereocenters. The molecule has 0 radical (unpaired) electrons. The van der Waals surface area contributed by atoms with E-state index in [9.17, 15) is 13.9 Å². The maximum atomic E-state index is 13.4. The SMILES string of the molecule is CC1C[C@@H](O)[C@H](/C=C/c2cc(F)cc(F)c2)[C@H]1CCSc1ncc(CO)s1. The fourth-order valence-electron chi connectivity index (χ4n) is 3.73. The number of aliphatic hydroxyl groups is 2. The van der Waals surface area contributed by atoms with Gasteiger partial charge in [-0.25, -0.2) is 13.8 Å². The van der Waals surface area contributed by atoms with Gasteiger partial charge in [0.15, 0.2) is 0 Å². The van der Waals surface area contributed by atoms with Crippen LogP contribution in [0.4, 0.5) is 8.78 Å². The minimum atomic E-state index is -0.603. The summed E-state index contributed by atoms with van der Waals surface area (Å²) in [6, 6.07) is 3.43. The topological polar surface area (TPSA) is 53.4 Å². The summed E-state index contributed by atoms with van der Waals surface area (Å²) in [5.41, 5.74) is 0.465. The van der Waals surface area contributed by atoms with Crippen LogP contribution in [-0.4, -0.2) is 27.1 Å². The standard InChI is InChI=1S/C20H23F2NO2S2/c1-12-6-19(25)18(3-2-13-7-14(21)9-15(22)8-13)17(12)4-5-26-20-23-10-16(11-24)27-20/h2-3,7-10,12,17-19,24-25H,4-6,11H2,1H3/b3-2+/t12?,17-,18+,19+/m0/s1. The summed E-state index contributed by atoms with van der Waals surface area (Å²) in [5, 5.41) is 19.5. The van der Waals surface area contributed by atoms with Crippen molar-refractivity contribution < 1.29 is 19.0 Å². The van der Waals surface area contributed by atoms with E-state index in [-0.39, 0.29) is 12.5 Å². The van der Waals surface area contributed by atoms with Crippen LogP contribution in [0.1, 0.15) is 30.2 Å². The number of nitrogens with zero attached hydrogens (tertiary/aromatic N) is 1. The number of hydrogen-bond donors (Lipinski definition) is 2. The lowest BCUT2D eigenvalue weighted by Gasteiger charge is -2.21. The first-order valence-electron chi connectivity index (χ1n) is 8.97. The molecule has 1 aromatic carbocycles. The Balaban J connectivity index is 1.62. The molecule has 0 saturated heterocycles. The first kappa shape index (κ1) is 20.5. The van der Waals surface area contributed by atoms with Gasteiger partial charge in [0.05, 0.1) is 17.6 Å². The molecular formula is C20H23F2NO2S2. The monoisotopic (exact) mass is 411 g/mol. The van der Waals surface area contributed by atoms with Gasteiger partial charge in [-0.2, -0.15) is 0 Å². The summed E-state index contributed by atoms with van der Waals surface area (Å²) in [6.45, 7) is 2.15. The van der Waals surface area contributed by atoms with Crippen molar-refractivity contribution in [1.82, 2.24) is 4.98 Å². The zero-order valence-corrected chi connectivity index (χ0v) is 16.6. The Morgan fingerprint density at radius 2 is 2.04 bits per heavy atom. The van der Waals surface area contributed by atoms with Crippen LogP contribution in [-0.2, 0) is 6.61 Å². The highest BCUT2D eigenvalue weighted by Crippen LogP contribution is 2.41. The van der Waals surface area contributed by atoms with Crippen molar-refractivity contribution in [2.75, 3.05) is 5.75 Å². The molecule has 1 aliphatic carbocycles. The van der Waals surface area contributed by atoms with Crippen LogP contribution in [0, 0.1) is 29.4 Å². The van der Waals surface area contributed by atoms with Crippen molar-refractivity contribution in [2.24, 2.45) is 17.8 Å². The van der Waals surface area contributed by atoms with E-state index in [4.69, 9.17) is 5.11 Å². The fraction of sp³-hybridized carbons (Fsp3) is 0.450. The predicted molar refractivity (Wildman–Crippen MR) is 106 cm³/mol. The van der Waals surface area contributed by atoms with Gasteiger partial charge in [-0.15, -0.1) is 11.3 Å². The van der Waals surface area contributed by atoms with Crippen LogP contribution in [0.3, 0.4) is 0 Å². The van der Waals surface area contributed by atoms with Gasteiger partial charge in [-0.05, 0) is 42.4 Å². The molecule has 1 saturated carbocycles. The summed E-state index contributed by atoms with van der Waals surface area (Å²) < 4.78 is 27.6. The van der Waals surface area contributed by atoms with Gasteiger partial charge in [-0.3, -0.25) is 0 Å². The van der Waals surface area contributed by atoms with Gasteiger partial charge in [0.1, 0.15) is 16.0 Å². The zero-order valence-electron chi connectivity index (χ0n) is 15.0. The number of hydrogen-bond acceptors (Lipinski definition) is 5. The third-order valence-electron chi connectivity index (χ3n) is 5.04. The minimum absolute atomic E-state index is 0.0115. The summed E-state index contributed by atoms with van der Waals surface area (Å²) in [7, 11) is 0. The first-order chi connectivity index (χ1) is 13.0. The van der Waals surface area contributed by atoms with E-state index >= 15 is 0 Å². The van der Waals surface area contributed by atoms with Crippen LogP contribution in [0.25, 0.3) is 6.08 Å². The molecule has 146 valence electrons. The first-order valence-corrected chi connectivity index (χ1v) is 10.8. The second-order valence-electron chi connectivity index (χ2n) is 6.97. The summed E-state index contributed by atoms with van der Waals surface area (Å²) >= 11 is 3.15. The second kappa shape index (κ2) is 9.28. The Labute approximate surface area is 166 Å². The maximum Gasteiger partial charge on any atom is 0.150 e. The number of thiazole rings is 1. The number of halogens is 2. The molecule has 3 nitrogen and oxygen atoms in total. The van der Waals surface area contributed by atoms with Gasteiger partial charge >= 0.3 is 0 Å². The Morgan fingerprint density at radius 3 is 2.70 bits per heavy atom. The molecule has 2 aromatic rings. The van der Waals surface area contributed by atoms with Gasteiger partial charge in [-0.1, -0.05) is 30.8 Å². The molecule has 1 unspecified atom stereocenters. The van der Waals surface area contributed by atoms with Gasteiger partial charge < -0.3 is 10.2 Å². The molecule has 1 aliphatic rings. The lowest BCUT2D eigenvalue weighted by Crippen LogP contribution is -2.18. The number of thioether (sulfide) groups is 1. The number of aliphatic hydroxyl groups excluding tert-OH is 2. The van der Waals surface area contributed by atoms with Crippen molar-refractivity contribution in [3.8, 4) is 0 Å². The highest BCUT2D eigenvalue weighted by molar-refractivity contribution is 8.01. The Kier molecular flexibility index (Phi) is 7.03. The summed E-state index contributed by atoms with van der Waals surface area (Å²) in [6.07, 6.45) is 6.50. The average Bonchev–Trinajstić information content (AvgIpc) is 3.17. The third-order valence-corrected chi connectivity index (χ3v) is 7.22. The molecular weight excluding hydrogens is 388 g/mol. The molecule has 3 rings (SSSR count). The van der Waals surface area contributed by atoms with E-state index in [2.05, 4.69) is 11.9 Å². The number of aromatic nitrogens is 1. The molecule has 27 heavy (non-hydrogen) atoms. The van der Waals surface area contributed by atoms with Gasteiger partial charge in [0.25, 0.3) is 0 Å². The van der Waals surface area contributed by atoms with Crippen LogP contribution in [0.15, 0.2) is 34.8 Å². The van der Waals surface area contributed by atoms with Crippen LogP contribution in [0.5, 0.6) is 0 Å². The van der Waals surface area contributed by atoms with Gasteiger partial charge in [0.2, 0.25) is 0 Å². The molecule has 0 bridgehead atoms. The maximum absolute atomic E-state index is 13.4. The molecule has 7 heteroatoms. The quantitative estimate of drug-likeness (QED) is 0.646. The van der Waals surface area contributed by atoms with Gasteiger partial charge in [0, 0.05) is 23.9 Å². The molecule has 0 spiro atoms. The van der Waals surface area contributed by atoms with Crippen molar-refractivity contribution in [3.63, 3.8) is 0 Å². The van der Waals surface area contributed by atoms with E-state index in [0.29, 0.717) is 17.4 Å². The molecule has 0 amide bonds. The molecule has 0 aliphatic heterocycles. The second-order valence-corrected chi connectivity index (χ2v) is 9.43. The highest BCUT2D eigenvalue weighted by atomic mass is 32.2. The Hall–Kier alpha value is -1.28. The van der Waals surface area contributed by atoms with Crippen molar-refractivity contribution in [2.45, 2.75) is 36.8 Å². The lowest BCUT2D eigenvalue weighted by atomic mass is 9.87. The zero-order chi connectivity index (χ0) is 19.4. The van der Waals surface area contributed by atoms with Crippen LogP contribution in [0.2, 0.25) is 0 Å². The normalized spacial score (nSPS) is 25.5. The molecule has 1 fully saturated rings. The van der Waals surface area contributed by atoms with Crippen molar-refractivity contribution in [1.29, 1.82) is 0 Å². The molecule has 1 heterocycles. The van der Waals surface area contributed by atoms with E-state index in [1.807, 2.05) is 6.08 Å². The van der Waals surface area contributed by atoms with Crippen LogP contribution < -0.4 is 0 Å². The van der Waals surface area contributed by atoms with E-state index < -0.39 is 17.7 Å². The third kappa shape index (κ3) is 5.38. The van der Waals surface area contributed by atoms with E-state index in [1.165, 1.54) is 23.5 Å². The number of benzene rings is 1. The lowest BCUT2D eigenvalue weighted by molar-refractivity contribution is 0.141. The van der Waals surface area contributed by atoms with Crippen molar-refractivity contribution in [3.05, 3.63) is 52.5 Å². The predicted octanol–water partition coefficient (Wildman–Crippen LogP) is 4.74. The van der Waals surface area contributed by atoms with Crippen molar-refractivity contribution >= 4 is 29.2 Å². The fourth-order valence-corrected chi connectivity index (χ4v) is 5.73. The Morgan fingerprint density at radius 1 is 1.30 bits per heavy atom. The highest BCUT2D eigenvalue weighted by Gasteiger charge is 2.38. The van der Waals surface area contributed by atoms with Crippen LogP contribution >= 0.6 is 23.1 Å². The summed E-state index contributed by atoms with van der Waals surface area (Å²) in [5.74, 6) is 0.320. The van der Waals surface area contributed by atoms with E-state index in [0.717, 1.165) is 33.9 Å². The molecule has 2 N–H and O–H groups in total. The molecule has 1 aromatic heterocycles. The largest absolute Gasteiger partial charge is 0.392 e. The number of rotatable bonds is 7. The summed E-state index contributed by atoms with van der Waals surface area (Å²) in [4.78, 5) is 5.14. The average molecular weight is 412 g/mol. The smallest absolute Gasteiger partial charge is 0.150 e.